The second-order valence-electron chi connectivity index (χ2n) is 4.21. The molecule has 9 heteroatoms. The lowest BCUT2D eigenvalue weighted by Gasteiger charge is -2.09. The van der Waals surface area contributed by atoms with Crippen molar-refractivity contribution in [1.29, 1.82) is 0 Å². The van der Waals surface area contributed by atoms with Gasteiger partial charge in [-0.1, -0.05) is 11.2 Å². The fourth-order valence-electron chi connectivity index (χ4n) is 1.75. The smallest absolute Gasteiger partial charge is 0.409 e. The number of alkyl halides is 3. The molecule has 0 aliphatic carbocycles. The standard InChI is InChI=1S/C12H10F4N4O/c13-9-2-1-7(10(3-9)11(17)19-21)5-20-6-8(4-18-20)12(14,15)16/h1-4,6,21H,5H2,(H2,17,19). The van der Waals surface area contributed by atoms with Gasteiger partial charge < -0.3 is 10.9 Å². The van der Waals surface area contributed by atoms with Gasteiger partial charge >= 0.3 is 6.18 Å². The maximum atomic E-state index is 13.2. The topological polar surface area (TPSA) is 76.4 Å². The van der Waals surface area contributed by atoms with Crippen LogP contribution in [-0.2, 0) is 12.7 Å². The molecule has 5 nitrogen and oxygen atoms in total. The van der Waals surface area contributed by atoms with Gasteiger partial charge in [-0.3, -0.25) is 4.68 Å². The van der Waals surface area contributed by atoms with Crippen LogP contribution in [0.5, 0.6) is 0 Å². The van der Waals surface area contributed by atoms with Crippen molar-refractivity contribution in [2.75, 3.05) is 0 Å². The molecule has 0 aliphatic heterocycles. The summed E-state index contributed by atoms with van der Waals surface area (Å²) in [6.45, 7) is -0.0814. The van der Waals surface area contributed by atoms with Gasteiger partial charge in [0.2, 0.25) is 0 Å². The second-order valence-corrected chi connectivity index (χ2v) is 4.21. The monoisotopic (exact) mass is 302 g/mol. The van der Waals surface area contributed by atoms with Crippen molar-refractivity contribution in [3.8, 4) is 0 Å². The van der Waals surface area contributed by atoms with E-state index in [1.54, 1.807) is 0 Å². The molecule has 0 unspecified atom stereocenters. The van der Waals surface area contributed by atoms with Crippen molar-refractivity contribution in [3.63, 3.8) is 0 Å². The number of amidine groups is 1. The predicted octanol–water partition coefficient (Wildman–Crippen LogP) is 2.18. The molecule has 0 saturated heterocycles. The number of nitrogens with two attached hydrogens (primary N) is 1. The Morgan fingerprint density at radius 2 is 2.10 bits per heavy atom. The highest BCUT2D eigenvalue weighted by molar-refractivity contribution is 5.98. The molecule has 2 aromatic rings. The Morgan fingerprint density at radius 3 is 2.67 bits per heavy atom. The van der Waals surface area contributed by atoms with Gasteiger partial charge in [0.1, 0.15) is 5.82 Å². The zero-order valence-corrected chi connectivity index (χ0v) is 10.5. The Hall–Kier alpha value is -2.58. The molecular weight excluding hydrogens is 292 g/mol. The van der Waals surface area contributed by atoms with Crippen LogP contribution in [0.25, 0.3) is 0 Å². The number of nitrogens with zero attached hydrogens (tertiary/aromatic N) is 3. The van der Waals surface area contributed by atoms with Crippen LogP contribution in [0.1, 0.15) is 16.7 Å². The Kier molecular flexibility index (Phi) is 3.83. The summed E-state index contributed by atoms with van der Waals surface area (Å²) in [6, 6.07) is 3.48. The van der Waals surface area contributed by atoms with Crippen LogP contribution in [0.15, 0.2) is 35.7 Å². The van der Waals surface area contributed by atoms with Gasteiger partial charge in [0.05, 0.1) is 18.3 Å². The average Bonchev–Trinajstić information content (AvgIpc) is 2.88. The van der Waals surface area contributed by atoms with E-state index in [4.69, 9.17) is 10.9 Å². The number of benzene rings is 1. The van der Waals surface area contributed by atoms with Gasteiger partial charge in [0.15, 0.2) is 5.84 Å². The van der Waals surface area contributed by atoms with Crippen LogP contribution in [0.4, 0.5) is 17.6 Å². The predicted molar refractivity (Wildman–Crippen MR) is 65.2 cm³/mol. The van der Waals surface area contributed by atoms with E-state index >= 15 is 0 Å². The molecule has 0 saturated carbocycles. The highest BCUT2D eigenvalue weighted by atomic mass is 19.4. The molecule has 0 amide bonds. The third kappa shape index (κ3) is 3.30. The first-order chi connectivity index (χ1) is 9.81. The molecule has 21 heavy (non-hydrogen) atoms. The number of aromatic nitrogens is 2. The maximum absolute atomic E-state index is 13.2. The third-order valence-corrected chi connectivity index (χ3v) is 2.75. The van der Waals surface area contributed by atoms with Crippen LogP contribution in [0.2, 0.25) is 0 Å². The molecule has 3 N–H and O–H groups in total. The first kappa shape index (κ1) is 14.8. The van der Waals surface area contributed by atoms with E-state index in [2.05, 4.69) is 10.3 Å². The van der Waals surface area contributed by atoms with Gasteiger partial charge in [-0.2, -0.15) is 18.3 Å². The second kappa shape index (κ2) is 5.43. The molecule has 0 atom stereocenters. The van der Waals surface area contributed by atoms with Crippen molar-refractivity contribution in [3.05, 3.63) is 53.1 Å². The van der Waals surface area contributed by atoms with Crippen molar-refractivity contribution >= 4 is 5.84 Å². The first-order valence-electron chi connectivity index (χ1n) is 5.67. The molecule has 0 spiro atoms. The average molecular weight is 302 g/mol. The summed E-state index contributed by atoms with van der Waals surface area (Å²) in [7, 11) is 0. The zero-order valence-electron chi connectivity index (χ0n) is 10.5. The molecule has 112 valence electrons. The van der Waals surface area contributed by atoms with E-state index in [0.717, 1.165) is 23.0 Å². The summed E-state index contributed by atoms with van der Waals surface area (Å²) in [4.78, 5) is 0. The Labute approximate surface area is 116 Å². The number of oxime groups is 1. The quantitative estimate of drug-likeness (QED) is 0.300. The highest BCUT2D eigenvalue weighted by Gasteiger charge is 2.32. The Balaban J connectivity index is 2.34. The summed E-state index contributed by atoms with van der Waals surface area (Å²) >= 11 is 0. The third-order valence-electron chi connectivity index (χ3n) is 2.75. The number of hydrogen-bond donors (Lipinski definition) is 2. The van der Waals surface area contributed by atoms with Gasteiger partial charge in [-0.15, -0.1) is 0 Å². The van der Waals surface area contributed by atoms with E-state index in [9.17, 15) is 17.6 Å². The SMILES string of the molecule is NC(=NO)c1cc(F)ccc1Cn1cc(C(F)(F)F)cn1. The van der Waals surface area contributed by atoms with Crippen LogP contribution in [-0.4, -0.2) is 20.8 Å². The van der Waals surface area contributed by atoms with Crippen molar-refractivity contribution in [2.24, 2.45) is 10.9 Å². The van der Waals surface area contributed by atoms with E-state index in [1.807, 2.05) is 0 Å². The molecule has 2 rings (SSSR count). The van der Waals surface area contributed by atoms with E-state index in [0.29, 0.717) is 11.8 Å². The summed E-state index contributed by atoms with van der Waals surface area (Å²) in [5.74, 6) is -0.954. The Bertz CT molecular complexity index is 678. The number of hydrogen-bond acceptors (Lipinski definition) is 3. The molecule has 0 bridgehead atoms. The molecule has 1 aromatic heterocycles. The van der Waals surface area contributed by atoms with Crippen molar-refractivity contribution in [1.82, 2.24) is 9.78 Å². The van der Waals surface area contributed by atoms with Crippen LogP contribution in [0, 0.1) is 5.82 Å². The van der Waals surface area contributed by atoms with Gasteiger partial charge in [0.25, 0.3) is 0 Å². The molecule has 1 aromatic carbocycles. The van der Waals surface area contributed by atoms with Crippen LogP contribution >= 0.6 is 0 Å². The fraction of sp³-hybridized carbons (Fsp3) is 0.167. The first-order valence-corrected chi connectivity index (χ1v) is 5.67. The van der Waals surface area contributed by atoms with Gasteiger partial charge in [0, 0.05) is 11.8 Å². The van der Waals surface area contributed by atoms with Crippen LogP contribution in [0.3, 0.4) is 0 Å². The lowest BCUT2D eigenvalue weighted by molar-refractivity contribution is -0.137. The number of halogens is 4. The van der Waals surface area contributed by atoms with Gasteiger partial charge in [-0.25, -0.2) is 4.39 Å². The highest BCUT2D eigenvalue weighted by Crippen LogP contribution is 2.28. The van der Waals surface area contributed by atoms with E-state index in [1.165, 1.54) is 6.07 Å². The number of rotatable bonds is 3. The summed E-state index contributed by atoms with van der Waals surface area (Å²) < 4.78 is 51.7. The minimum Gasteiger partial charge on any atom is -0.409 e. The fourth-order valence-corrected chi connectivity index (χ4v) is 1.75. The molecule has 0 radical (unpaired) electrons. The van der Waals surface area contributed by atoms with E-state index < -0.39 is 17.6 Å². The molecule has 0 fully saturated rings. The van der Waals surface area contributed by atoms with E-state index in [-0.39, 0.29) is 17.9 Å². The van der Waals surface area contributed by atoms with Gasteiger partial charge in [-0.05, 0) is 17.7 Å². The van der Waals surface area contributed by atoms with Crippen molar-refractivity contribution < 1.29 is 22.8 Å². The zero-order chi connectivity index (χ0) is 15.6. The molecule has 0 aliphatic rings. The molecule has 1 heterocycles. The maximum Gasteiger partial charge on any atom is 0.419 e. The largest absolute Gasteiger partial charge is 0.419 e. The van der Waals surface area contributed by atoms with Crippen molar-refractivity contribution in [2.45, 2.75) is 12.7 Å². The summed E-state index contributed by atoms with van der Waals surface area (Å²) in [6.07, 6.45) is -2.98. The van der Waals surface area contributed by atoms with Crippen LogP contribution < -0.4 is 5.73 Å². The normalized spacial score (nSPS) is 12.7. The molecular formula is C12H10F4N4O. The minimum absolute atomic E-state index is 0.0814. The Morgan fingerprint density at radius 1 is 1.38 bits per heavy atom. The minimum atomic E-state index is -4.49. The summed E-state index contributed by atoms with van der Waals surface area (Å²) in [5.41, 5.74) is 4.97. The summed E-state index contributed by atoms with van der Waals surface area (Å²) in [5, 5.41) is 15.0. The lowest BCUT2D eigenvalue weighted by Crippen LogP contribution is -2.17. The lowest BCUT2D eigenvalue weighted by atomic mass is 10.1.